The van der Waals surface area contributed by atoms with Crippen molar-refractivity contribution >= 4 is 9.24 Å². The normalized spacial score (nSPS) is 12.2. The largest absolute Gasteiger partial charge is 0.507 e. The van der Waals surface area contributed by atoms with Crippen LogP contribution in [-0.4, -0.2) is 5.11 Å². The molecule has 0 aliphatic carbocycles. The smallest absolute Gasteiger partial charge is 0.123 e. The predicted octanol–water partition coefficient (Wildman–Crippen LogP) is 4.36. The Hall–Kier alpha value is -0.0565. The molecular formula is C15H25NiOP. The van der Waals surface area contributed by atoms with E-state index in [-0.39, 0.29) is 27.3 Å². The molecule has 0 saturated carbocycles. The summed E-state index contributed by atoms with van der Waals surface area (Å²) in [5, 5.41) is 10.5. The van der Waals surface area contributed by atoms with Crippen molar-refractivity contribution in [3.63, 3.8) is 0 Å². The number of benzene rings is 1. The molecule has 1 aromatic rings. The molecule has 0 fully saturated rings. The van der Waals surface area contributed by atoms with Crippen LogP contribution in [0.5, 0.6) is 5.75 Å². The molecule has 0 radical (unpaired) electrons. The van der Waals surface area contributed by atoms with E-state index >= 15 is 0 Å². The van der Waals surface area contributed by atoms with Crippen molar-refractivity contribution < 1.29 is 21.6 Å². The van der Waals surface area contributed by atoms with Crippen LogP contribution in [0.3, 0.4) is 0 Å². The molecule has 0 aliphatic heterocycles. The van der Waals surface area contributed by atoms with E-state index in [0.29, 0.717) is 5.75 Å². The van der Waals surface area contributed by atoms with Gasteiger partial charge in [-0.3, -0.25) is 0 Å². The molecule has 1 nitrogen and oxygen atoms in total. The van der Waals surface area contributed by atoms with Gasteiger partial charge in [-0.2, -0.15) is 0 Å². The molecule has 1 rings (SSSR count). The first kappa shape index (κ1) is 17.9. The van der Waals surface area contributed by atoms with Crippen LogP contribution in [0.15, 0.2) is 12.1 Å². The maximum Gasteiger partial charge on any atom is 0.123 e. The Morgan fingerprint density at radius 3 is 1.50 bits per heavy atom. The molecule has 1 aromatic carbocycles. The van der Waals surface area contributed by atoms with Crippen molar-refractivity contribution in [2.45, 2.75) is 58.5 Å². The molecule has 3 heteroatoms. The molecule has 0 spiro atoms. The second kappa shape index (κ2) is 5.93. The minimum Gasteiger partial charge on any atom is -0.507 e. The van der Waals surface area contributed by atoms with E-state index in [1.165, 1.54) is 5.56 Å². The number of rotatable bonds is 1. The average molecular weight is 311 g/mol. The van der Waals surface area contributed by atoms with Crippen LogP contribution in [0.25, 0.3) is 0 Å². The maximum atomic E-state index is 10.5. The summed E-state index contributed by atoms with van der Waals surface area (Å²) in [5.41, 5.74) is 3.30. The summed E-state index contributed by atoms with van der Waals surface area (Å²) in [6.07, 6.45) is 0.923. The van der Waals surface area contributed by atoms with E-state index in [1.54, 1.807) is 0 Å². The minimum atomic E-state index is -0.0278. The topological polar surface area (TPSA) is 20.2 Å². The van der Waals surface area contributed by atoms with Crippen LogP contribution < -0.4 is 0 Å². The van der Waals surface area contributed by atoms with Crippen molar-refractivity contribution in [1.82, 2.24) is 0 Å². The second-order valence-corrected chi connectivity index (χ2v) is 7.15. The molecule has 0 aromatic heterocycles. The zero-order valence-electron chi connectivity index (χ0n) is 12.2. The van der Waals surface area contributed by atoms with Gasteiger partial charge in [0, 0.05) is 16.5 Å². The fourth-order valence-corrected chi connectivity index (χ4v) is 2.19. The summed E-state index contributed by atoms with van der Waals surface area (Å²) < 4.78 is 0. The summed E-state index contributed by atoms with van der Waals surface area (Å²) in [6.45, 7) is 12.8. The summed E-state index contributed by atoms with van der Waals surface area (Å²) >= 11 is 0. The van der Waals surface area contributed by atoms with E-state index in [0.717, 1.165) is 17.3 Å². The summed E-state index contributed by atoms with van der Waals surface area (Å²) in [4.78, 5) is 0. The Kier molecular flexibility index (Phi) is 5.91. The number of aromatic hydroxyl groups is 1. The summed E-state index contributed by atoms with van der Waals surface area (Å²) in [5.74, 6) is 0.465. The van der Waals surface area contributed by atoms with Gasteiger partial charge in [-0.05, 0) is 33.7 Å². The Morgan fingerprint density at radius 2 is 1.28 bits per heavy atom. The monoisotopic (exact) mass is 310 g/mol. The first-order valence-corrected chi connectivity index (χ1v) is 6.96. The Morgan fingerprint density at radius 1 is 0.944 bits per heavy atom. The predicted molar refractivity (Wildman–Crippen MR) is 78.9 cm³/mol. The van der Waals surface area contributed by atoms with E-state index in [4.69, 9.17) is 0 Å². The Bertz CT molecular complexity index is 378. The van der Waals surface area contributed by atoms with Gasteiger partial charge in [0.2, 0.25) is 0 Å². The van der Waals surface area contributed by atoms with Crippen molar-refractivity contribution in [2.75, 3.05) is 0 Å². The summed E-state index contributed by atoms with van der Waals surface area (Å²) in [7, 11) is 2.76. The van der Waals surface area contributed by atoms with E-state index < -0.39 is 0 Å². The third-order valence-corrected chi connectivity index (χ3v) is 3.49. The SMILES string of the molecule is CC(C)(C)c1cc(CP)cc(C(C)(C)C)c1O.[Ni]. The van der Waals surface area contributed by atoms with Crippen LogP contribution in [0.1, 0.15) is 58.2 Å². The minimum absolute atomic E-state index is 0. The molecule has 1 N–H and O–H groups in total. The van der Waals surface area contributed by atoms with Crippen LogP contribution >= 0.6 is 9.24 Å². The molecule has 1 unspecified atom stereocenters. The van der Waals surface area contributed by atoms with Gasteiger partial charge in [-0.1, -0.05) is 53.7 Å². The van der Waals surface area contributed by atoms with Gasteiger partial charge in [0.15, 0.2) is 0 Å². The number of hydrogen-bond donors (Lipinski definition) is 1. The molecule has 0 bridgehead atoms. The van der Waals surface area contributed by atoms with E-state index in [9.17, 15) is 5.11 Å². The average Bonchev–Trinajstić information content (AvgIpc) is 2.14. The molecule has 18 heavy (non-hydrogen) atoms. The van der Waals surface area contributed by atoms with E-state index in [2.05, 4.69) is 62.9 Å². The number of phenols is 1. The fraction of sp³-hybridized carbons (Fsp3) is 0.600. The molecule has 1 atom stereocenters. The van der Waals surface area contributed by atoms with Crippen molar-refractivity contribution in [1.29, 1.82) is 0 Å². The molecule has 0 saturated heterocycles. The van der Waals surface area contributed by atoms with Gasteiger partial charge in [0.25, 0.3) is 0 Å². The zero-order valence-corrected chi connectivity index (χ0v) is 14.3. The third kappa shape index (κ3) is 3.97. The van der Waals surface area contributed by atoms with Gasteiger partial charge >= 0.3 is 0 Å². The van der Waals surface area contributed by atoms with Gasteiger partial charge in [-0.15, -0.1) is 9.24 Å². The van der Waals surface area contributed by atoms with Gasteiger partial charge < -0.3 is 5.11 Å². The first-order chi connectivity index (χ1) is 7.57. The van der Waals surface area contributed by atoms with Crippen LogP contribution in [0, 0.1) is 0 Å². The van der Waals surface area contributed by atoms with Gasteiger partial charge in [0.1, 0.15) is 5.75 Å². The maximum absolute atomic E-state index is 10.5. The first-order valence-electron chi connectivity index (χ1n) is 6.14. The zero-order chi connectivity index (χ0) is 13.4. The quantitative estimate of drug-likeness (QED) is 0.603. The number of hydrogen-bond acceptors (Lipinski definition) is 1. The van der Waals surface area contributed by atoms with E-state index in [1.807, 2.05) is 0 Å². The second-order valence-electron chi connectivity index (χ2n) is 6.74. The molecule has 106 valence electrons. The van der Waals surface area contributed by atoms with Crippen LogP contribution in [0.4, 0.5) is 0 Å². The summed E-state index contributed by atoms with van der Waals surface area (Å²) in [6, 6.07) is 4.25. The fourth-order valence-electron chi connectivity index (χ4n) is 1.96. The Labute approximate surface area is 124 Å². The van der Waals surface area contributed by atoms with Gasteiger partial charge in [0.05, 0.1) is 0 Å². The number of phenolic OH excluding ortho intramolecular Hbond substituents is 1. The van der Waals surface area contributed by atoms with Crippen molar-refractivity contribution in [2.24, 2.45) is 0 Å². The third-order valence-electron chi connectivity index (χ3n) is 3.02. The van der Waals surface area contributed by atoms with Gasteiger partial charge in [-0.25, -0.2) is 0 Å². The van der Waals surface area contributed by atoms with Crippen LogP contribution in [0.2, 0.25) is 0 Å². The Balaban J connectivity index is 0.00000289. The van der Waals surface area contributed by atoms with Crippen molar-refractivity contribution in [3.8, 4) is 5.75 Å². The molecule has 0 aliphatic rings. The molecule has 0 heterocycles. The standard InChI is InChI=1S/C15H25OP.Ni/c1-14(2,3)11-7-10(9-17)8-12(13(11)16)15(4,5)6;/h7-8,16H,9,17H2,1-6H3;. The van der Waals surface area contributed by atoms with Crippen LogP contribution in [-0.2, 0) is 33.5 Å². The molecular weight excluding hydrogens is 286 g/mol. The molecule has 0 amide bonds. The van der Waals surface area contributed by atoms with Crippen molar-refractivity contribution in [3.05, 3.63) is 28.8 Å².